The van der Waals surface area contributed by atoms with Crippen molar-refractivity contribution in [2.24, 2.45) is 0 Å². The van der Waals surface area contributed by atoms with Crippen LogP contribution in [0.2, 0.25) is 0 Å². The SMILES string of the molecule is C=C/C=C(\C=C/C)c1ccc(-n2c3ccccc3c3cc(-c4ccc5c(c4)c4ccccc4n5-c4cccc(-c5ccccc5)c4)ccc32)cc1. The van der Waals surface area contributed by atoms with Gasteiger partial charge in [-0.05, 0) is 101 Å². The fraction of sp³-hybridized carbons (Fsp3) is 0.0204. The maximum atomic E-state index is 3.90. The Balaban J connectivity index is 1.17. The van der Waals surface area contributed by atoms with Crippen molar-refractivity contribution in [3.05, 3.63) is 200 Å². The van der Waals surface area contributed by atoms with Crippen LogP contribution in [0.25, 0.3) is 82.8 Å². The average molecular weight is 653 g/mol. The number of rotatable bonds is 7. The summed E-state index contributed by atoms with van der Waals surface area (Å²) in [5, 5.41) is 4.99. The van der Waals surface area contributed by atoms with E-state index in [4.69, 9.17) is 0 Å². The van der Waals surface area contributed by atoms with Crippen LogP contribution < -0.4 is 0 Å². The van der Waals surface area contributed by atoms with Gasteiger partial charge in [0.2, 0.25) is 0 Å². The summed E-state index contributed by atoms with van der Waals surface area (Å²) in [5.41, 5.74) is 14.2. The largest absolute Gasteiger partial charge is 0.309 e. The van der Waals surface area contributed by atoms with Gasteiger partial charge < -0.3 is 9.13 Å². The van der Waals surface area contributed by atoms with E-state index in [2.05, 4.69) is 198 Å². The van der Waals surface area contributed by atoms with E-state index in [1.54, 1.807) is 0 Å². The molecule has 7 aromatic carbocycles. The molecule has 9 rings (SSSR count). The first-order valence-electron chi connectivity index (χ1n) is 17.5. The number of benzene rings is 7. The van der Waals surface area contributed by atoms with Gasteiger partial charge in [0.25, 0.3) is 0 Å². The maximum absolute atomic E-state index is 3.90. The third-order valence-corrected chi connectivity index (χ3v) is 9.99. The molecule has 9 aromatic rings. The molecule has 0 unspecified atom stereocenters. The van der Waals surface area contributed by atoms with Crippen LogP contribution in [0.15, 0.2) is 195 Å². The predicted molar refractivity (Wildman–Crippen MR) is 219 cm³/mol. The van der Waals surface area contributed by atoms with Crippen LogP contribution >= 0.6 is 0 Å². The molecule has 0 fully saturated rings. The zero-order valence-electron chi connectivity index (χ0n) is 28.5. The number of nitrogens with zero attached hydrogens (tertiary/aromatic N) is 2. The lowest BCUT2D eigenvalue weighted by atomic mass is 10.0. The highest BCUT2D eigenvalue weighted by molar-refractivity contribution is 6.12. The number of allylic oxidation sites excluding steroid dienone is 5. The minimum absolute atomic E-state index is 1.14. The minimum Gasteiger partial charge on any atom is -0.309 e. The lowest BCUT2D eigenvalue weighted by Crippen LogP contribution is -1.94. The first kappa shape index (κ1) is 30.4. The zero-order valence-corrected chi connectivity index (χ0v) is 28.5. The fourth-order valence-electron chi connectivity index (χ4n) is 7.67. The van der Waals surface area contributed by atoms with Crippen LogP contribution in [0.4, 0.5) is 0 Å². The van der Waals surface area contributed by atoms with Crippen molar-refractivity contribution in [3.63, 3.8) is 0 Å². The second kappa shape index (κ2) is 12.7. The molecule has 242 valence electrons. The highest BCUT2D eigenvalue weighted by Crippen LogP contribution is 2.39. The monoisotopic (exact) mass is 652 g/mol. The molecule has 51 heavy (non-hydrogen) atoms. The smallest absolute Gasteiger partial charge is 0.0541 e. The second-order valence-electron chi connectivity index (χ2n) is 13.0. The lowest BCUT2D eigenvalue weighted by molar-refractivity contribution is 1.18. The van der Waals surface area contributed by atoms with Gasteiger partial charge in [0.15, 0.2) is 0 Å². The fourth-order valence-corrected chi connectivity index (χ4v) is 7.67. The number of hydrogen-bond donors (Lipinski definition) is 0. The first-order valence-corrected chi connectivity index (χ1v) is 17.5. The normalized spacial score (nSPS) is 12.1. The Bertz CT molecular complexity index is 2810. The summed E-state index contributed by atoms with van der Waals surface area (Å²) in [4.78, 5) is 0. The highest BCUT2D eigenvalue weighted by atomic mass is 15.0. The molecule has 0 atom stereocenters. The van der Waals surface area contributed by atoms with E-state index >= 15 is 0 Å². The summed E-state index contributed by atoms with van der Waals surface area (Å²) in [6.07, 6.45) is 8.08. The van der Waals surface area contributed by atoms with Gasteiger partial charge in [0.05, 0.1) is 22.1 Å². The molecule has 2 aromatic heterocycles. The summed E-state index contributed by atoms with van der Waals surface area (Å²) in [6, 6.07) is 59.6. The van der Waals surface area contributed by atoms with Gasteiger partial charge in [-0.1, -0.05) is 134 Å². The molecular weight excluding hydrogens is 617 g/mol. The van der Waals surface area contributed by atoms with Gasteiger partial charge in [-0.3, -0.25) is 0 Å². The van der Waals surface area contributed by atoms with Crippen LogP contribution in [0, 0.1) is 0 Å². The number of aromatic nitrogens is 2. The van der Waals surface area contributed by atoms with E-state index in [9.17, 15) is 0 Å². The molecular formula is C49H36N2. The summed E-state index contributed by atoms with van der Waals surface area (Å²) < 4.78 is 4.78. The van der Waals surface area contributed by atoms with Gasteiger partial charge in [-0.2, -0.15) is 0 Å². The molecule has 0 radical (unpaired) electrons. The molecule has 0 N–H and O–H groups in total. The van der Waals surface area contributed by atoms with E-state index in [1.807, 2.05) is 13.0 Å². The number of para-hydroxylation sites is 2. The molecule has 0 bridgehead atoms. The van der Waals surface area contributed by atoms with Gasteiger partial charge in [0.1, 0.15) is 0 Å². The van der Waals surface area contributed by atoms with Crippen molar-refractivity contribution < 1.29 is 0 Å². The van der Waals surface area contributed by atoms with Gasteiger partial charge in [-0.25, -0.2) is 0 Å². The van der Waals surface area contributed by atoms with Crippen molar-refractivity contribution in [2.75, 3.05) is 0 Å². The van der Waals surface area contributed by atoms with Crippen molar-refractivity contribution in [1.82, 2.24) is 9.13 Å². The van der Waals surface area contributed by atoms with Crippen molar-refractivity contribution in [1.29, 1.82) is 0 Å². The van der Waals surface area contributed by atoms with Crippen LogP contribution in [-0.4, -0.2) is 9.13 Å². The molecule has 0 aliphatic heterocycles. The average Bonchev–Trinajstić information content (AvgIpc) is 3.70. The molecule has 2 heterocycles. The van der Waals surface area contributed by atoms with Gasteiger partial charge in [-0.15, -0.1) is 0 Å². The maximum Gasteiger partial charge on any atom is 0.0541 e. The Hall–Kier alpha value is -6.64. The lowest BCUT2D eigenvalue weighted by Gasteiger charge is -2.11. The molecule has 0 aliphatic carbocycles. The molecule has 0 amide bonds. The zero-order chi connectivity index (χ0) is 34.3. The van der Waals surface area contributed by atoms with Crippen LogP contribution in [0.5, 0.6) is 0 Å². The van der Waals surface area contributed by atoms with E-state index in [1.165, 1.54) is 71.4 Å². The van der Waals surface area contributed by atoms with E-state index in [-0.39, 0.29) is 0 Å². The Morgan fingerprint density at radius 3 is 1.59 bits per heavy atom. The number of fused-ring (bicyclic) bond motifs is 6. The van der Waals surface area contributed by atoms with Gasteiger partial charge >= 0.3 is 0 Å². The third-order valence-electron chi connectivity index (χ3n) is 9.99. The molecule has 0 saturated heterocycles. The second-order valence-corrected chi connectivity index (χ2v) is 13.0. The Morgan fingerprint density at radius 2 is 0.980 bits per heavy atom. The molecule has 0 spiro atoms. The van der Waals surface area contributed by atoms with E-state index in [0.29, 0.717) is 0 Å². The first-order chi connectivity index (χ1) is 25.2. The van der Waals surface area contributed by atoms with Crippen LogP contribution in [0.1, 0.15) is 12.5 Å². The van der Waals surface area contributed by atoms with Crippen molar-refractivity contribution >= 4 is 49.2 Å². The molecule has 2 nitrogen and oxygen atoms in total. The minimum atomic E-state index is 1.14. The molecule has 0 aliphatic rings. The van der Waals surface area contributed by atoms with Gasteiger partial charge in [0, 0.05) is 32.9 Å². The van der Waals surface area contributed by atoms with Crippen LogP contribution in [0.3, 0.4) is 0 Å². The topological polar surface area (TPSA) is 9.86 Å². The van der Waals surface area contributed by atoms with Crippen molar-refractivity contribution in [2.45, 2.75) is 6.92 Å². The standard InChI is InChI=1S/C49H36N2/c1-3-13-34(14-4-2)36-23-27-40(28-24-36)50-46-21-10-8-19-42(46)44-32-38(25-29-48(44)50)39-26-30-49-45(33-39)43-20-9-11-22-47(43)51(49)41-18-12-17-37(31-41)35-15-6-5-7-16-35/h3-33H,1H2,2H3/b14-4-,34-13+. The highest BCUT2D eigenvalue weighted by Gasteiger charge is 2.16. The Labute approximate surface area is 298 Å². The summed E-state index contributed by atoms with van der Waals surface area (Å²) in [6.45, 7) is 5.94. The van der Waals surface area contributed by atoms with Crippen LogP contribution in [-0.2, 0) is 0 Å². The summed E-state index contributed by atoms with van der Waals surface area (Å²) in [5.74, 6) is 0. The van der Waals surface area contributed by atoms with E-state index in [0.717, 1.165) is 16.9 Å². The predicted octanol–water partition coefficient (Wildman–Crippen LogP) is 13.4. The summed E-state index contributed by atoms with van der Waals surface area (Å²) >= 11 is 0. The molecule has 0 saturated carbocycles. The van der Waals surface area contributed by atoms with E-state index < -0.39 is 0 Å². The Morgan fingerprint density at radius 1 is 0.451 bits per heavy atom. The summed E-state index contributed by atoms with van der Waals surface area (Å²) in [7, 11) is 0. The third kappa shape index (κ3) is 5.21. The number of hydrogen-bond acceptors (Lipinski definition) is 0. The Kier molecular flexibility index (Phi) is 7.56. The quantitative estimate of drug-likeness (QED) is 0.152. The molecule has 2 heteroatoms. The van der Waals surface area contributed by atoms with Crippen molar-refractivity contribution in [3.8, 4) is 33.6 Å².